The van der Waals surface area contributed by atoms with Crippen molar-refractivity contribution in [2.45, 2.75) is 12.0 Å². The van der Waals surface area contributed by atoms with Gasteiger partial charge in [0.2, 0.25) is 11.9 Å². The quantitative estimate of drug-likeness (QED) is 0.167. The lowest BCUT2D eigenvalue weighted by Crippen LogP contribution is -2.44. The number of halogens is 2. The van der Waals surface area contributed by atoms with Crippen LogP contribution in [0.5, 0.6) is 0 Å². The Hall–Kier alpha value is -4.62. The summed E-state index contributed by atoms with van der Waals surface area (Å²) in [5.74, 6) is 0.0167. The highest BCUT2D eigenvalue weighted by atomic mass is 35.5. The summed E-state index contributed by atoms with van der Waals surface area (Å²) in [6.45, 7) is 3.28. The number of imidazole rings is 1. The summed E-state index contributed by atoms with van der Waals surface area (Å²) in [5, 5.41) is 4.79. The highest BCUT2D eigenvalue weighted by Crippen LogP contribution is 2.42. The third kappa shape index (κ3) is 5.76. The van der Waals surface area contributed by atoms with Crippen LogP contribution in [0.25, 0.3) is 11.0 Å². The number of nitrogens with two attached hydrogens (primary N) is 1. The maximum Gasteiger partial charge on any atom is 0.249 e. The molecule has 6 nitrogen and oxygen atoms in total. The number of piperazine rings is 1. The largest absolute Gasteiger partial charge is 0.366 e. The van der Waals surface area contributed by atoms with E-state index in [4.69, 9.17) is 33.9 Å². The summed E-state index contributed by atoms with van der Waals surface area (Å²) in [6, 6.07) is 40.1. The number of hydrogen-bond acceptors (Lipinski definition) is 4. The van der Waals surface area contributed by atoms with Crippen LogP contribution in [0, 0.1) is 0 Å². The molecule has 0 radical (unpaired) electrons. The van der Waals surface area contributed by atoms with Gasteiger partial charge in [0.05, 0.1) is 17.1 Å². The standard InChI is InChI=1S/C38H33Cl2N5O/c39-29-15-11-26(12-16-29)33(25-7-3-1-4-8-25)34-31(37(41)46)19-20-32-35(34)43-38(44-23-21-42-22-24-44)45(32)36(27-9-5-2-6-10-27)28-13-17-30(40)18-14-28/h1-20,33,36,42H,21-24H2,(H2,41,46). The number of anilines is 1. The van der Waals surface area contributed by atoms with Crippen molar-refractivity contribution in [3.8, 4) is 0 Å². The first-order chi connectivity index (χ1) is 22.5. The second-order valence-electron chi connectivity index (χ2n) is 11.5. The van der Waals surface area contributed by atoms with Gasteiger partial charge >= 0.3 is 0 Å². The van der Waals surface area contributed by atoms with Gasteiger partial charge in [0.15, 0.2) is 0 Å². The molecular formula is C38H33Cl2N5O. The SMILES string of the molecule is NC(=O)c1ccc2c(nc(N3CCNCC3)n2C(c2ccccc2)c2ccc(Cl)cc2)c1C(c1ccccc1)c1ccc(Cl)cc1. The summed E-state index contributed by atoms with van der Waals surface area (Å²) in [7, 11) is 0. The van der Waals surface area contributed by atoms with Crippen molar-refractivity contribution in [2.24, 2.45) is 5.73 Å². The van der Waals surface area contributed by atoms with E-state index < -0.39 is 5.91 Å². The topological polar surface area (TPSA) is 76.2 Å². The number of nitrogens with zero attached hydrogens (tertiary/aromatic N) is 3. The molecule has 46 heavy (non-hydrogen) atoms. The van der Waals surface area contributed by atoms with Crippen LogP contribution >= 0.6 is 23.2 Å². The van der Waals surface area contributed by atoms with E-state index in [1.165, 1.54) is 0 Å². The first-order valence-corrected chi connectivity index (χ1v) is 16.2. The lowest BCUT2D eigenvalue weighted by Gasteiger charge is -2.31. The van der Waals surface area contributed by atoms with Gasteiger partial charge in [-0.3, -0.25) is 9.36 Å². The molecule has 0 bridgehead atoms. The van der Waals surface area contributed by atoms with Gasteiger partial charge in [-0.15, -0.1) is 0 Å². The average molecular weight is 647 g/mol. The molecule has 1 fully saturated rings. The number of benzene rings is 5. The molecule has 5 aromatic carbocycles. The molecule has 8 heteroatoms. The van der Waals surface area contributed by atoms with Crippen LogP contribution in [0.4, 0.5) is 5.95 Å². The number of amides is 1. The van der Waals surface area contributed by atoms with Gasteiger partial charge in [-0.05, 0) is 58.7 Å². The number of fused-ring (bicyclic) bond motifs is 1. The van der Waals surface area contributed by atoms with Crippen LogP contribution in [0.2, 0.25) is 10.0 Å². The molecular weight excluding hydrogens is 613 g/mol. The number of nitrogens with one attached hydrogen (secondary N) is 1. The fourth-order valence-electron chi connectivity index (χ4n) is 6.62. The normalized spacial score (nSPS) is 14.7. The second kappa shape index (κ2) is 13.0. The summed E-state index contributed by atoms with van der Waals surface area (Å²) < 4.78 is 2.32. The number of carbonyl (C=O) groups is 1. The number of aromatic nitrogens is 2. The van der Waals surface area contributed by atoms with E-state index in [9.17, 15) is 4.79 Å². The fourth-order valence-corrected chi connectivity index (χ4v) is 6.87. The van der Waals surface area contributed by atoms with Gasteiger partial charge in [0, 0.05) is 53.3 Å². The van der Waals surface area contributed by atoms with Crippen molar-refractivity contribution in [1.29, 1.82) is 0 Å². The maximum atomic E-state index is 13.2. The Morgan fingerprint density at radius 1 is 0.696 bits per heavy atom. The third-order valence-electron chi connectivity index (χ3n) is 8.73. The molecule has 2 heterocycles. The average Bonchev–Trinajstić information content (AvgIpc) is 3.47. The van der Waals surface area contributed by atoms with Crippen LogP contribution in [0.3, 0.4) is 0 Å². The van der Waals surface area contributed by atoms with Crippen molar-refractivity contribution in [2.75, 3.05) is 31.1 Å². The minimum atomic E-state index is -0.498. The molecule has 1 aromatic heterocycles. The predicted molar refractivity (Wildman–Crippen MR) is 187 cm³/mol. The van der Waals surface area contributed by atoms with Crippen molar-refractivity contribution in [3.63, 3.8) is 0 Å². The van der Waals surface area contributed by atoms with Gasteiger partial charge in [0.1, 0.15) is 0 Å². The molecule has 1 saturated heterocycles. The summed E-state index contributed by atoms with van der Waals surface area (Å²) in [5.41, 5.74) is 13.2. The number of rotatable bonds is 8. The Morgan fingerprint density at radius 3 is 1.80 bits per heavy atom. The molecule has 2 atom stereocenters. The molecule has 0 aliphatic carbocycles. The molecule has 0 saturated carbocycles. The molecule has 7 rings (SSSR count). The zero-order valence-electron chi connectivity index (χ0n) is 25.1. The van der Waals surface area contributed by atoms with Gasteiger partial charge < -0.3 is 16.0 Å². The van der Waals surface area contributed by atoms with Gasteiger partial charge in [-0.2, -0.15) is 0 Å². The maximum absolute atomic E-state index is 13.2. The van der Waals surface area contributed by atoms with Crippen molar-refractivity contribution in [1.82, 2.24) is 14.9 Å². The zero-order valence-corrected chi connectivity index (χ0v) is 26.6. The minimum absolute atomic E-state index is 0.216. The Labute approximate surface area is 278 Å². The first kappa shape index (κ1) is 30.1. The number of hydrogen-bond donors (Lipinski definition) is 2. The Bertz CT molecular complexity index is 1970. The molecule has 6 aromatic rings. The van der Waals surface area contributed by atoms with E-state index in [1.807, 2.05) is 72.8 Å². The monoisotopic (exact) mass is 645 g/mol. The molecule has 1 amide bonds. The van der Waals surface area contributed by atoms with Crippen LogP contribution in [-0.4, -0.2) is 41.6 Å². The second-order valence-corrected chi connectivity index (χ2v) is 12.4. The molecule has 1 aliphatic rings. The molecule has 1 aliphatic heterocycles. The van der Waals surface area contributed by atoms with Crippen LogP contribution in [0.15, 0.2) is 121 Å². The lowest BCUT2D eigenvalue weighted by atomic mass is 9.82. The van der Waals surface area contributed by atoms with Crippen LogP contribution < -0.4 is 16.0 Å². The van der Waals surface area contributed by atoms with E-state index in [-0.39, 0.29) is 12.0 Å². The highest BCUT2D eigenvalue weighted by molar-refractivity contribution is 6.30. The highest BCUT2D eigenvalue weighted by Gasteiger charge is 2.32. The number of carbonyl (C=O) groups excluding carboxylic acids is 1. The van der Waals surface area contributed by atoms with E-state index in [1.54, 1.807) is 0 Å². The Morgan fingerprint density at radius 2 is 1.22 bits per heavy atom. The summed E-state index contributed by atoms with van der Waals surface area (Å²) in [4.78, 5) is 21.0. The van der Waals surface area contributed by atoms with E-state index in [0.717, 1.165) is 71.0 Å². The van der Waals surface area contributed by atoms with Crippen LogP contribution in [0.1, 0.15) is 50.1 Å². The zero-order chi connectivity index (χ0) is 31.6. The molecule has 0 spiro atoms. The van der Waals surface area contributed by atoms with E-state index in [2.05, 4.69) is 63.3 Å². The van der Waals surface area contributed by atoms with Gasteiger partial charge in [-0.1, -0.05) is 108 Å². The first-order valence-electron chi connectivity index (χ1n) is 15.4. The van der Waals surface area contributed by atoms with Crippen molar-refractivity contribution < 1.29 is 4.79 Å². The summed E-state index contributed by atoms with van der Waals surface area (Å²) >= 11 is 12.7. The predicted octanol–water partition coefficient (Wildman–Crippen LogP) is 7.67. The van der Waals surface area contributed by atoms with Crippen molar-refractivity contribution >= 4 is 46.1 Å². The molecule has 3 N–H and O–H groups in total. The minimum Gasteiger partial charge on any atom is -0.366 e. The Balaban J connectivity index is 1.58. The van der Waals surface area contributed by atoms with Crippen LogP contribution in [-0.2, 0) is 0 Å². The fraction of sp³-hybridized carbons (Fsp3) is 0.158. The molecule has 230 valence electrons. The Kier molecular flexibility index (Phi) is 8.50. The lowest BCUT2D eigenvalue weighted by molar-refractivity contribution is 0.0999. The van der Waals surface area contributed by atoms with Crippen molar-refractivity contribution in [3.05, 3.63) is 165 Å². The summed E-state index contributed by atoms with van der Waals surface area (Å²) in [6.07, 6.45) is 0. The van der Waals surface area contributed by atoms with Gasteiger partial charge in [0.25, 0.3) is 0 Å². The van der Waals surface area contributed by atoms with Gasteiger partial charge in [-0.25, -0.2) is 4.98 Å². The van der Waals surface area contributed by atoms with E-state index >= 15 is 0 Å². The molecule has 2 unspecified atom stereocenters. The smallest absolute Gasteiger partial charge is 0.249 e. The number of primary amides is 1. The van der Waals surface area contributed by atoms with E-state index in [0.29, 0.717) is 15.6 Å². The third-order valence-corrected chi connectivity index (χ3v) is 9.24.